The summed E-state index contributed by atoms with van der Waals surface area (Å²) >= 11 is 5.79. The molecule has 0 saturated carbocycles. The van der Waals surface area contributed by atoms with Crippen molar-refractivity contribution in [3.63, 3.8) is 0 Å². The van der Waals surface area contributed by atoms with Crippen LogP contribution in [-0.4, -0.2) is 25.1 Å². The van der Waals surface area contributed by atoms with Crippen molar-refractivity contribution < 1.29 is 19.1 Å². The van der Waals surface area contributed by atoms with Crippen LogP contribution in [0.1, 0.15) is 12.5 Å². The highest BCUT2D eigenvalue weighted by atomic mass is 35.5. The molecule has 1 amide bonds. The molecule has 0 unspecified atom stereocenters. The van der Waals surface area contributed by atoms with Gasteiger partial charge in [-0.2, -0.15) is 0 Å². The number of esters is 1. The van der Waals surface area contributed by atoms with E-state index in [2.05, 4.69) is 5.32 Å². The zero-order valence-corrected chi connectivity index (χ0v) is 14.2. The Balaban J connectivity index is 1.85. The molecule has 2 aromatic rings. The van der Waals surface area contributed by atoms with Crippen LogP contribution >= 0.6 is 11.6 Å². The molecule has 0 saturated heterocycles. The minimum atomic E-state index is -0.897. The Bertz CT molecular complexity index is 698. The van der Waals surface area contributed by atoms with Gasteiger partial charge < -0.3 is 14.8 Å². The zero-order chi connectivity index (χ0) is 17.5. The van der Waals surface area contributed by atoms with Crippen LogP contribution in [0.4, 0.5) is 5.69 Å². The van der Waals surface area contributed by atoms with Crippen molar-refractivity contribution in [2.45, 2.75) is 19.4 Å². The van der Waals surface area contributed by atoms with Gasteiger partial charge in [0, 0.05) is 10.7 Å². The van der Waals surface area contributed by atoms with Crippen molar-refractivity contribution in [3.05, 3.63) is 59.1 Å². The number of hydrogen-bond donors (Lipinski definition) is 1. The predicted octanol–water partition coefficient (Wildman–Crippen LogP) is 3.46. The zero-order valence-electron chi connectivity index (χ0n) is 13.4. The standard InChI is InChI=1S/C18H18ClNO4/c1-12(18(22)20-15-7-5-14(19)6-8-15)24-17(21)11-13-3-9-16(23-2)10-4-13/h3-10,12H,11H2,1-2H3,(H,20,22)/t12-/m1/s1. The number of methoxy groups -OCH3 is 1. The number of nitrogens with one attached hydrogen (secondary N) is 1. The van der Waals surface area contributed by atoms with E-state index in [-0.39, 0.29) is 6.42 Å². The van der Waals surface area contributed by atoms with Crippen LogP contribution in [0.5, 0.6) is 5.75 Å². The van der Waals surface area contributed by atoms with Crippen LogP contribution in [-0.2, 0) is 20.7 Å². The normalized spacial score (nSPS) is 11.5. The number of halogens is 1. The molecule has 0 aromatic heterocycles. The summed E-state index contributed by atoms with van der Waals surface area (Å²) in [5.41, 5.74) is 1.37. The Kier molecular flexibility index (Phi) is 6.21. The molecule has 24 heavy (non-hydrogen) atoms. The molecule has 0 bridgehead atoms. The topological polar surface area (TPSA) is 64.6 Å². The molecule has 1 N–H and O–H groups in total. The first-order valence-electron chi connectivity index (χ1n) is 7.37. The van der Waals surface area contributed by atoms with E-state index in [1.165, 1.54) is 6.92 Å². The van der Waals surface area contributed by atoms with E-state index >= 15 is 0 Å². The minimum Gasteiger partial charge on any atom is -0.497 e. The van der Waals surface area contributed by atoms with Crippen molar-refractivity contribution >= 4 is 29.2 Å². The van der Waals surface area contributed by atoms with Crippen LogP contribution in [0.3, 0.4) is 0 Å². The highest BCUT2D eigenvalue weighted by molar-refractivity contribution is 6.30. The summed E-state index contributed by atoms with van der Waals surface area (Å²) in [5, 5.41) is 3.24. The van der Waals surface area contributed by atoms with Gasteiger partial charge in [-0.1, -0.05) is 23.7 Å². The van der Waals surface area contributed by atoms with Gasteiger partial charge in [-0.05, 0) is 48.9 Å². The third-order valence-corrected chi connectivity index (χ3v) is 3.55. The first-order chi connectivity index (χ1) is 11.5. The molecule has 2 aromatic carbocycles. The molecule has 6 heteroatoms. The molecular formula is C18H18ClNO4. The van der Waals surface area contributed by atoms with Crippen molar-refractivity contribution in [2.75, 3.05) is 12.4 Å². The van der Waals surface area contributed by atoms with Crippen LogP contribution in [0, 0.1) is 0 Å². The van der Waals surface area contributed by atoms with E-state index in [1.54, 1.807) is 55.6 Å². The van der Waals surface area contributed by atoms with E-state index in [4.69, 9.17) is 21.1 Å². The number of benzene rings is 2. The molecule has 126 valence electrons. The molecule has 5 nitrogen and oxygen atoms in total. The quantitative estimate of drug-likeness (QED) is 0.813. The van der Waals surface area contributed by atoms with Gasteiger partial charge in [-0.3, -0.25) is 9.59 Å². The molecule has 0 radical (unpaired) electrons. The van der Waals surface area contributed by atoms with Gasteiger partial charge in [-0.15, -0.1) is 0 Å². The fraction of sp³-hybridized carbons (Fsp3) is 0.222. The summed E-state index contributed by atoms with van der Waals surface area (Å²) in [6, 6.07) is 13.8. The Morgan fingerprint density at radius 2 is 1.71 bits per heavy atom. The largest absolute Gasteiger partial charge is 0.497 e. The molecule has 0 heterocycles. The molecule has 0 aliphatic carbocycles. The third kappa shape index (κ3) is 5.28. The lowest BCUT2D eigenvalue weighted by atomic mass is 10.1. The summed E-state index contributed by atoms with van der Waals surface area (Å²) in [4.78, 5) is 24.0. The summed E-state index contributed by atoms with van der Waals surface area (Å²) in [5.74, 6) is -0.165. The van der Waals surface area contributed by atoms with Crippen LogP contribution in [0.25, 0.3) is 0 Å². The van der Waals surface area contributed by atoms with Crippen molar-refractivity contribution in [1.29, 1.82) is 0 Å². The number of hydrogen-bond acceptors (Lipinski definition) is 4. The fourth-order valence-corrected chi connectivity index (χ4v) is 2.11. The Labute approximate surface area is 145 Å². The second-order valence-electron chi connectivity index (χ2n) is 5.15. The lowest BCUT2D eigenvalue weighted by molar-refractivity contribution is -0.152. The van der Waals surface area contributed by atoms with Crippen molar-refractivity contribution in [1.82, 2.24) is 0 Å². The lowest BCUT2D eigenvalue weighted by Gasteiger charge is -2.13. The highest BCUT2D eigenvalue weighted by Crippen LogP contribution is 2.15. The average molecular weight is 348 g/mol. The molecular weight excluding hydrogens is 330 g/mol. The van der Waals surface area contributed by atoms with Gasteiger partial charge in [0.25, 0.3) is 5.91 Å². The molecule has 1 atom stereocenters. The first-order valence-corrected chi connectivity index (χ1v) is 7.74. The maximum absolute atomic E-state index is 12.0. The second-order valence-corrected chi connectivity index (χ2v) is 5.59. The van der Waals surface area contributed by atoms with Crippen LogP contribution in [0.2, 0.25) is 5.02 Å². The molecule has 0 fully saturated rings. The summed E-state index contributed by atoms with van der Waals surface area (Å²) in [7, 11) is 1.57. The maximum atomic E-state index is 12.0. The number of anilines is 1. The summed E-state index contributed by atoms with van der Waals surface area (Å²) in [6.45, 7) is 1.52. The third-order valence-electron chi connectivity index (χ3n) is 3.30. The average Bonchev–Trinajstić information content (AvgIpc) is 2.57. The van der Waals surface area contributed by atoms with E-state index in [0.29, 0.717) is 16.5 Å². The van der Waals surface area contributed by atoms with Gasteiger partial charge in [0.15, 0.2) is 6.10 Å². The molecule has 0 aliphatic heterocycles. The number of carbonyl (C=O) groups is 2. The number of amides is 1. The number of rotatable bonds is 6. The lowest BCUT2D eigenvalue weighted by Crippen LogP contribution is -2.30. The summed E-state index contributed by atoms with van der Waals surface area (Å²) < 4.78 is 10.2. The van der Waals surface area contributed by atoms with Gasteiger partial charge in [0.05, 0.1) is 13.5 Å². The number of carbonyl (C=O) groups excluding carboxylic acids is 2. The van der Waals surface area contributed by atoms with Crippen molar-refractivity contribution in [3.8, 4) is 5.75 Å². The van der Waals surface area contributed by atoms with Crippen LogP contribution < -0.4 is 10.1 Å². The SMILES string of the molecule is COc1ccc(CC(=O)O[C@H](C)C(=O)Nc2ccc(Cl)cc2)cc1. The predicted molar refractivity (Wildman–Crippen MR) is 92.3 cm³/mol. The van der Waals surface area contributed by atoms with E-state index in [0.717, 1.165) is 5.56 Å². The Morgan fingerprint density at radius 3 is 2.29 bits per heavy atom. The minimum absolute atomic E-state index is 0.0859. The smallest absolute Gasteiger partial charge is 0.311 e. The van der Waals surface area contributed by atoms with Gasteiger partial charge >= 0.3 is 5.97 Å². The van der Waals surface area contributed by atoms with E-state index < -0.39 is 18.0 Å². The Morgan fingerprint density at radius 1 is 1.08 bits per heavy atom. The van der Waals surface area contributed by atoms with Crippen molar-refractivity contribution in [2.24, 2.45) is 0 Å². The monoisotopic (exact) mass is 347 g/mol. The highest BCUT2D eigenvalue weighted by Gasteiger charge is 2.18. The van der Waals surface area contributed by atoms with E-state index in [1.807, 2.05) is 0 Å². The fourth-order valence-electron chi connectivity index (χ4n) is 1.98. The van der Waals surface area contributed by atoms with Gasteiger partial charge in [-0.25, -0.2) is 0 Å². The summed E-state index contributed by atoms with van der Waals surface area (Å²) in [6.07, 6.45) is -0.811. The molecule has 2 rings (SSSR count). The number of ether oxygens (including phenoxy) is 2. The van der Waals surface area contributed by atoms with E-state index in [9.17, 15) is 9.59 Å². The van der Waals surface area contributed by atoms with Gasteiger partial charge in [0.1, 0.15) is 5.75 Å². The molecule has 0 aliphatic rings. The second kappa shape index (κ2) is 8.36. The maximum Gasteiger partial charge on any atom is 0.311 e. The first kappa shape index (κ1) is 17.8. The van der Waals surface area contributed by atoms with Gasteiger partial charge in [0.2, 0.25) is 0 Å². The van der Waals surface area contributed by atoms with Crippen LogP contribution in [0.15, 0.2) is 48.5 Å². The molecule has 0 spiro atoms. The Hall–Kier alpha value is -2.53.